The maximum Gasteiger partial charge on any atom is 0.306 e. The molecule has 1 N–H and O–H groups in total. The Labute approximate surface area is 72.7 Å². The van der Waals surface area contributed by atoms with Crippen LogP contribution in [0.5, 0.6) is 0 Å². The molecule has 1 saturated heterocycles. The summed E-state index contributed by atoms with van der Waals surface area (Å²) in [7, 11) is 0. The smallest absolute Gasteiger partial charge is 0.306 e. The van der Waals surface area contributed by atoms with E-state index in [2.05, 4.69) is 0 Å². The third-order valence-electron chi connectivity index (χ3n) is 2.34. The number of epoxide rings is 1. The number of hydrogen-bond donors (Lipinski definition) is 1. The molecule has 1 aliphatic rings. The van der Waals surface area contributed by atoms with Gasteiger partial charge in [-0.25, -0.2) is 0 Å². The molecule has 1 unspecified atom stereocenters. The highest BCUT2D eigenvalue weighted by Gasteiger charge is 2.37. The molecule has 1 heterocycles. The molecule has 0 amide bonds. The zero-order valence-electron chi connectivity index (χ0n) is 7.62. The van der Waals surface area contributed by atoms with Gasteiger partial charge in [-0.1, -0.05) is 13.3 Å². The van der Waals surface area contributed by atoms with E-state index in [0.29, 0.717) is 6.42 Å². The van der Waals surface area contributed by atoms with E-state index in [1.807, 2.05) is 13.8 Å². The molecule has 0 bridgehead atoms. The first-order chi connectivity index (χ1) is 5.65. The van der Waals surface area contributed by atoms with Crippen LogP contribution in [0.4, 0.5) is 0 Å². The van der Waals surface area contributed by atoms with Gasteiger partial charge in [0.05, 0.1) is 18.1 Å². The number of carbonyl (C=O) groups is 1. The molecular formula is C9H16O3. The topological polar surface area (TPSA) is 49.8 Å². The summed E-state index contributed by atoms with van der Waals surface area (Å²) >= 11 is 0. The van der Waals surface area contributed by atoms with Gasteiger partial charge in [0, 0.05) is 0 Å². The Bertz CT molecular complexity index is 167. The third-order valence-corrected chi connectivity index (χ3v) is 2.34. The second kappa shape index (κ2) is 3.90. The highest BCUT2D eigenvalue weighted by molar-refractivity contribution is 5.70. The van der Waals surface area contributed by atoms with Crippen molar-refractivity contribution in [2.24, 2.45) is 5.92 Å². The molecule has 3 heteroatoms. The molecule has 0 spiro atoms. The summed E-state index contributed by atoms with van der Waals surface area (Å²) < 4.78 is 5.18. The highest BCUT2D eigenvalue weighted by Crippen LogP contribution is 2.29. The number of carboxylic acid groups (broad SMARTS) is 1. The molecule has 3 nitrogen and oxygen atoms in total. The number of aliphatic carboxylic acids is 1. The normalized spacial score (nSPS) is 29.8. The van der Waals surface area contributed by atoms with Gasteiger partial charge >= 0.3 is 5.97 Å². The zero-order chi connectivity index (χ0) is 9.14. The average Bonchev–Trinajstić information content (AvgIpc) is 2.65. The lowest BCUT2D eigenvalue weighted by molar-refractivity contribution is -0.142. The second-order valence-corrected chi connectivity index (χ2v) is 3.44. The van der Waals surface area contributed by atoms with Gasteiger partial charge in [-0.05, 0) is 19.8 Å². The molecule has 0 radical (unpaired) electrons. The second-order valence-electron chi connectivity index (χ2n) is 3.44. The Kier molecular flexibility index (Phi) is 3.09. The van der Waals surface area contributed by atoms with Crippen molar-refractivity contribution in [1.82, 2.24) is 0 Å². The minimum absolute atomic E-state index is 0.204. The number of rotatable bonds is 5. The van der Waals surface area contributed by atoms with Gasteiger partial charge in [-0.15, -0.1) is 0 Å². The fourth-order valence-corrected chi connectivity index (χ4v) is 1.45. The summed E-state index contributed by atoms with van der Waals surface area (Å²) in [6.45, 7) is 3.99. The van der Waals surface area contributed by atoms with Crippen molar-refractivity contribution < 1.29 is 14.6 Å². The van der Waals surface area contributed by atoms with Gasteiger partial charge < -0.3 is 9.84 Å². The predicted molar refractivity (Wildman–Crippen MR) is 45.0 cm³/mol. The van der Waals surface area contributed by atoms with E-state index in [0.717, 1.165) is 12.8 Å². The largest absolute Gasteiger partial charge is 0.481 e. The van der Waals surface area contributed by atoms with Crippen LogP contribution in [-0.4, -0.2) is 23.3 Å². The van der Waals surface area contributed by atoms with Crippen LogP contribution in [0.1, 0.15) is 33.1 Å². The lowest BCUT2D eigenvalue weighted by Gasteiger charge is -2.08. The molecule has 0 aromatic carbocycles. The molecule has 0 saturated carbocycles. The van der Waals surface area contributed by atoms with Gasteiger partial charge in [0.15, 0.2) is 0 Å². The quantitative estimate of drug-likeness (QED) is 0.642. The van der Waals surface area contributed by atoms with Crippen LogP contribution in [0.2, 0.25) is 0 Å². The molecule has 0 aromatic heterocycles. The lowest BCUT2D eigenvalue weighted by atomic mass is 9.97. The molecule has 70 valence electrons. The Balaban J connectivity index is 2.28. The predicted octanol–water partition coefficient (Wildman–Crippen LogP) is 1.66. The number of hydrogen-bond acceptors (Lipinski definition) is 2. The molecular weight excluding hydrogens is 156 g/mol. The van der Waals surface area contributed by atoms with Crippen LogP contribution in [0, 0.1) is 5.92 Å². The summed E-state index contributed by atoms with van der Waals surface area (Å²) in [6.07, 6.45) is 2.87. The molecule has 12 heavy (non-hydrogen) atoms. The molecule has 1 fully saturated rings. The van der Waals surface area contributed by atoms with Gasteiger partial charge in [0.25, 0.3) is 0 Å². The van der Waals surface area contributed by atoms with E-state index >= 15 is 0 Å². The van der Waals surface area contributed by atoms with E-state index in [1.54, 1.807) is 0 Å². The molecule has 3 atom stereocenters. The summed E-state index contributed by atoms with van der Waals surface area (Å²) in [6, 6.07) is 0. The minimum atomic E-state index is -0.681. The Hall–Kier alpha value is -0.570. The van der Waals surface area contributed by atoms with Crippen molar-refractivity contribution in [3.05, 3.63) is 0 Å². The zero-order valence-corrected chi connectivity index (χ0v) is 7.62. The van der Waals surface area contributed by atoms with Crippen LogP contribution in [0.3, 0.4) is 0 Å². The van der Waals surface area contributed by atoms with E-state index in [4.69, 9.17) is 9.84 Å². The average molecular weight is 172 g/mol. The number of ether oxygens (including phenoxy) is 1. The Morgan fingerprint density at radius 1 is 1.67 bits per heavy atom. The standard InChI is InChI=1S/C9H16O3/c1-3-4-7(9(10)11)5-8-6(2)12-8/h6-8H,3-5H2,1-2H3,(H,10,11)/t6-,7+,8?/m1/s1. The SMILES string of the molecule is CCC[C@@H](CC1O[C@@H]1C)C(=O)O. The summed E-state index contributed by atoms with van der Waals surface area (Å²) in [5, 5.41) is 8.81. The van der Waals surface area contributed by atoms with E-state index < -0.39 is 5.97 Å². The fourth-order valence-electron chi connectivity index (χ4n) is 1.45. The Morgan fingerprint density at radius 2 is 2.25 bits per heavy atom. The first-order valence-corrected chi connectivity index (χ1v) is 4.53. The van der Waals surface area contributed by atoms with Crippen molar-refractivity contribution in [2.75, 3.05) is 0 Å². The van der Waals surface area contributed by atoms with Crippen LogP contribution in [0.15, 0.2) is 0 Å². The van der Waals surface area contributed by atoms with Crippen LogP contribution in [0.25, 0.3) is 0 Å². The van der Waals surface area contributed by atoms with Gasteiger partial charge in [0.1, 0.15) is 0 Å². The molecule has 1 rings (SSSR count). The van der Waals surface area contributed by atoms with Crippen molar-refractivity contribution in [3.63, 3.8) is 0 Å². The van der Waals surface area contributed by atoms with E-state index in [9.17, 15) is 4.79 Å². The van der Waals surface area contributed by atoms with Gasteiger partial charge in [-0.3, -0.25) is 4.79 Å². The summed E-state index contributed by atoms with van der Waals surface area (Å²) in [5.41, 5.74) is 0. The van der Waals surface area contributed by atoms with Crippen molar-refractivity contribution >= 4 is 5.97 Å². The third kappa shape index (κ3) is 2.48. The lowest BCUT2D eigenvalue weighted by Crippen LogP contribution is -2.16. The van der Waals surface area contributed by atoms with Crippen molar-refractivity contribution in [1.29, 1.82) is 0 Å². The maximum absolute atomic E-state index is 10.7. The first kappa shape index (κ1) is 9.52. The minimum Gasteiger partial charge on any atom is -0.481 e. The maximum atomic E-state index is 10.7. The monoisotopic (exact) mass is 172 g/mol. The van der Waals surface area contributed by atoms with Gasteiger partial charge in [-0.2, -0.15) is 0 Å². The van der Waals surface area contributed by atoms with Crippen LogP contribution in [-0.2, 0) is 9.53 Å². The van der Waals surface area contributed by atoms with Crippen molar-refractivity contribution in [3.8, 4) is 0 Å². The number of carboxylic acids is 1. The Morgan fingerprint density at radius 3 is 2.58 bits per heavy atom. The summed E-state index contributed by atoms with van der Waals surface area (Å²) in [4.78, 5) is 10.7. The van der Waals surface area contributed by atoms with E-state index in [1.165, 1.54) is 0 Å². The van der Waals surface area contributed by atoms with Crippen molar-refractivity contribution in [2.45, 2.75) is 45.3 Å². The summed E-state index contributed by atoms with van der Waals surface area (Å²) in [5.74, 6) is -0.885. The molecule has 0 aromatic rings. The van der Waals surface area contributed by atoms with Crippen LogP contribution < -0.4 is 0 Å². The molecule has 0 aliphatic carbocycles. The van der Waals surface area contributed by atoms with Crippen LogP contribution >= 0.6 is 0 Å². The van der Waals surface area contributed by atoms with Gasteiger partial charge in [0.2, 0.25) is 0 Å². The highest BCUT2D eigenvalue weighted by atomic mass is 16.6. The first-order valence-electron chi connectivity index (χ1n) is 4.53. The molecule has 1 aliphatic heterocycles. The van der Waals surface area contributed by atoms with E-state index in [-0.39, 0.29) is 18.1 Å². The fraction of sp³-hybridized carbons (Fsp3) is 0.889.